The van der Waals surface area contributed by atoms with Crippen LogP contribution in [0.25, 0.3) is 11.4 Å². The van der Waals surface area contributed by atoms with Crippen LogP contribution in [0.1, 0.15) is 18.4 Å². The van der Waals surface area contributed by atoms with Crippen LogP contribution >= 0.6 is 0 Å². The number of benzene rings is 2. The molecule has 150 valence electrons. The Kier molecular flexibility index (Phi) is 5.12. The molecular weight excluding hydrogens is 392 g/mol. The number of hydrogen-bond donors (Lipinski definition) is 2. The number of aryl methyl sites for hydroxylation is 1. The van der Waals surface area contributed by atoms with E-state index in [1.54, 1.807) is 48.5 Å². The van der Waals surface area contributed by atoms with E-state index in [-0.39, 0.29) is 10.8 Å². The molecule has 0 radical (unpaired) electrons. The SMILES string of the molecule is Cc1ccc(S(=O)(=O)N2CCCC2C(=O)Nc2cccc(-c3nn[nH]n3)c2)cc1. The van der Waals surface area contributed by atoms with Crippen molar-refractivity contribution in [3.63, 3.8) is 0 Å². The molecule has 9 nitrogen and oxygen atoms in total. The van der Waals surface area contributed by atoms with Crippen LogP contribution in [-0.4, -0.2) is 51.8 Å². The number of aromatic nitrogens is 4. The Morgan fingerprint density at radius 3 is 2.72 bits per heavy atom. The van der Waals surface area contributed by atoms with Crippen LogP contribution in [0.3, 0.4) is 0 Å². The van der Waals surface area contributed by atoms with E-state index in [0.717, 1.165) is 5.56 Å². The quantitative estimate of drug-likeness (QED) is 0.661. The molecule has 4 rings (SSSR count). The van der Waals surface area contributed by atoms with Gasteiger partial charge in [-0.15, -0.1) is 10.2 Å². The van der Waals surface area contributed by atoms with Gasteiger partial charge in [0.15, 0.2) is 0 Å². The number of carbonyl (C=O) groups is 1. The van der Waals surface area contributed by atoms with Gasteiger partial charge in [0.25, 0.3) is 0 Å². The highest BCUT2D eigenvalue weighted by Gasteiger charge is 2.39. The van der Waals surface area contributed by atoms with Crippen LogP contribution in [0.5, 0.6) is 0 Å². The van der Waals surface area contributed by atoms with Gasteiger partial charge >= 0.3 is 0 Å². The Labute approximate surface area is 168 Å². The Balaban J connectivity index is 1.54. The fourth-order valence-electron chi connectivity index (χ4n) is 3.38. The Morgan fingerprint density at radius 2 is 2.00 bits per heavy atom. The molecule has 2 aromatic carbocycles. The number of rotatable bonds is 5. The molecule has 1 saturated heterocycles. The van der Waals surface area contributed by atoms with Crippen molar-refractivity contribution < 1.29 is 13.2 Å². The monoisotopic (exact) mass is 412 g/mol. The normalized spacial score (nSPS) is 17.3. The standard InChI is InChI=1S/C19H20N6O3S/c1-13-7-9-16(10-8-13)29(27,28)25-11-3-6-17(25)19(26)20-15-5-2-4-14(12-15)18-21-23-24-22-18/h2,4-5,7-10,12,17H,3,6,11H2,1H3,(H,20,26)(H,21,22,23,24). The zero-order valence-electron chi connectivity index (χ0n) is 15.7. The van der Waals surface area contributed by atoms with Crippen LogP contribution in [-0.2, 0) is 14.8 Å². The number of aromatic amines is 1. The van der Waals surface area contributed by atoms with Crippen molar-refractivity contribution in [2.75, 3.05) is 11.9 Å². The highest BCUT2D eigenvalue weighted by atomic mass is 32.2. The zero-order valence-corrected chi connectivity index (χ0v) is 16.6. The van der Waals surface area contributed by atoms with E-state index in [9.17, 15) is 13.2 Å². The summed E-state index contributed by atoms with van der Waals surface area (Å²) >= 11 is 0. The number of anilines is 1. The van der Waals surface area contributed by atoms with Gasteiger partial charge < -0.3 is 5.32 Å². The second-order valence-electron chi connectivity index (χ2n) is 6.89. The van der Waals surface area contributed by atoms with E-state index in [1.165, 1.54) is 4.31 Å². The lowest BCUT2D eigenvalue weighted by molar-refractivity contribution is -0.119. The van der Waals surface area contributed by atoms with Gasteiger partial charge in [-0.05, 0) is 49.2 Å². The molecule has 0 spiro atoms. The summed E-state index contributed by atoms with van der Waals surface area (Å²) in [5.74, 6) is 0.0500. The van der Waals surface area contributed by atoms with Crippen molar-refractivity contribution in [2.24, 2.45) is 0 Å². The molecule has 0 bridgehead atoms. The molecular formula is C19H20N6O3S. The predicted molar refractivity (Wildman–Crippen MR) is 106 cm³/mol. The van der Waals surface area contributed by atoms with E-state index in [4.69, 9.17) is 0 Å². The number of tetrazole rings is 1. The van der Waals surface area contributed by atoms with Crippen molar-refractivity contribution in [3.8, 4) is 11.4 Å². The van der Waals surface area contributed by atoms with Gasteiger partial charge in [0, 0.05) is 17.8 Å². The number of sulfonamides is 1. The zero-order chi connectivity index (χ0) is 20.4. The van der Waals surface area contributed by atoms with Crippen LogP contribution in [0, 0.1) is 6.92 Å². The second-order valence-corrected chi connectivity index (χ2v) is 8.78. The molecule has 0 saturated carbocycles. The second kappa shape index (κ2) is 7.72. The molecule has 1 aliphatic rings. The van der Waals surface area contributed by atoms with Gasteiger partial charge in [-0.3, -0.25) is 4.79 Å². The molecule has 1 unspecified atom stereocenters. The minimum Gasteiger partial charge on any atom is -0.325 e. The summed E-state index contributed by atoms with van der Waals surface area (Å²) in [4.78, 5) is 13.1. The molecule has 3 aromatic rings. The Hall–Kier alpha value is -3.11. The number of H-pyrrole nitrogens is 1. The number of hydrogen-bond acceptors (Lipinski definition) is 6. The van der Waals surface area contributed by atoms with Crippen molar-refractivity contribution in [1.29, 1.82) is 0 Å². The third-order valence-corrected chi connectivity index (χ3v) is 6.79. The van der Waals surface area contributed by atoms with E-state index >= 15 is 0 Å². The molecule has 2 N–H and O–H groups in total. The molecule has 10 heteroatoms. The molecule has 1 aromatic heterocycles. The third kappa shape index (κ3) is 3.89. The first-order valence-electron chi connectivity index (χ1n) is 9.18. The number of nitrogens with zero attached hydrogens (tertiary/aromatic N) is 4. The first-order chi connectivity index (χ1) is 13.9. The van der Waals surface area contributed by atoms with Gasteiger partial charge in [0.1, 0.15) is 6.04 Å². The Morgan fingerprint density at radius 1 is 1.21 bits per heavy atom. The Bertz CT molecular complexity index is 1110. The fraction of sp³-hybridized carbons (Fsp3) is 0.263. The van der Waals surface area contributed by atoms with Gasteiger partial charge in [-0.1, -0.05) is 29.8 Å². The largest absolute Gasteiger partial charge is 0.325 e. The number of nitrogens with one attached hydrogen (secondary N) is 2. The summed E-state index contributed by atoms with van der Waals surface area (Å²) in [7, 11) is -3.75. The van der Waals surface area contributed by atoms with Crippen molar-refractivity contribution in [2.45, 2.75) is 30.7 Å². The fourth-order valence-corrected chi connectivity index (χ4v) is 5.04. The molecule has 1 aliphatic heterocycles. The van der Waals surface area contributed by atoms with E-state index in [1.807, 2.05) is 6.92 Å². The van der Waals surface area contributed by atoms with Crippen molar-refractivity contribution in [1.82, 2.24) is 24.9 Å². The maximum atomic E-state index is 13.0. The summed E-state index contributed by atoms with van der Waals surface area (Å²) < 4.78 is 27.4. The maximum Gasteiger partial charge on any atom is 0.243 e. The van der Waals surface area contributed by atoms with Crippen molar-refractivity contribution >= 4 is 21.6 Å². The van der Waals surface area contributed by atoms with Gasteiger partial charge in [-0.25, -0.2) is 8.42 Å². The first kappa shape index (κ1) is 19.2. The van der Waals surface area contributed by atoms with Crippen LogP contribution in [0.4, 0.5) is 5.69 Å². The summed E-state index contributed by atoms with van der Waals surface area (Å²) in [5, 5.41) is 16.6. The minimum absolute atomic E-state index is 0.196. The van der Waals surface area contributed by atoms with Gasteiger partial charge in [0.05, 0.1) is 4.90 Å². The summed E-state index contributed by atoms with van der Waals surface area (Å²) in [6.07, 6.45) is 1.10. The third-order valence-electron chi connectivity index (χ3n) is 4.87. The lowest BCUT2D eigenvalue weighted by atomic mass is 10.1. The molecule has 29 heavy (non-hydrogen) atoms. The predicted octanol–water partition coefficient (Wildman–Crippen LogP) is 1.97. The summed E-state index contributed by atoms with van der Waals surface area (Å²) in [6.45, 7) is 2.21. The number of carbonyl (C=O) groups excluding carboxylic acids is 1. The average Bonchev–Trinajstić information content (AvgIpc) is 3.41. The number of amides is 1. The van der Waals surface area contributed by atoms with Crippen LogP contribution in [0.2, 0.25) is 0 Å². The van der Waals surface area contributed by atoms with Gasteiger partial charge in [0.2, 0.25) is 21.8 Å². The molecule has 1 atom stereocenters. The average molecular weight is 412 g/mol. The van der Waals surface area contributed by atoms with E-state index in [0.29, 0.717) is 36.5 Å². The highest BCUT2D eigenvalue weighted by molar-refractivity contribution is 7.89. The molecule has 1 amide bonds. The molecule has 1 fully saturated rings. The lowest BCUT2D eigenvalue weighted by Crippen LogP contribution is -2.43. The van der Waals surface area contributed by atoms with Crippen LogP contribution in [0.15, 0.2) is 53.4 Å². The van der Waals surface area contributed by atoms with E-state index < -0.39 is 16.1 Å². The first-order valence-corrected chi connectivity index (χ1v) is 10.6. The summed E-state index contributed by atoms with van der Waals surface area (Å²) in [6, 6.07) is 12.9. The highest BCUT2D eigenvalue weighted by Crippen LogP contribution is 2.27. The van der Waals surface area contributed by atoms with Gasteiger partial charge in [-0.2, -0.15) is 9.52 Å². The van der Waals surface area contributed by atoms with Crippen molar-refractivity contribution in [3.05, 3.63) is 54.1 Å². The molecule has 2 heterocycles. The van der Waals surface area contributed by atoms with Crippen LogP contribution < -0.4 is 5.32 Å². The summed E-state index contributed by atoms with van der Waals surface area (Å²) in [5.41, 5.74) is 2.20. The molecule has 0 aliphatic carbocycles. The maximum absolute atomic E-state index is 13.0. The van der Waals surface area contributed by atoms with E-state index in [2.05, 4.69) is 25.9 Å². The minimum atomic E-state index is -3.75. The lowest BCUT2D eigenvalue weighted by Gasteiger charge is -2.23. The topological polar surface area (TPSA) is 121 Å². The smallest absolute Gasteiger partial charge is 0.243 e.